The highest BCUT2D eigenvalue weighted by Crippen LogP contribution is 2.43. The molecule has 3 rings (SSSR count). The van der Waals surface area contributed by atoms with Crippen LogP contribution in [-0.2, 0) is 12.0 Å². The number of phenolic OH excluding ortho intramolecular Hbond substituents is 1. The monoisotopic (exact) mass is 380 g/mol. The van der Waals surface area contributed by atoms with Crippen LogP contribution >= 0.6 is 0 Å². The van der Waals surface area contributed by atoms with Crippen LogP contribution in [0, 0.1) is 0 Å². The van der Waals surface area contributed by atoms with E-state index in [9.17, 15) is 5.11 Å². The molecule has 1 fully saturated rings. The minimum atomic E-state index is 0.0471. The fourth-order valence-electron chi connectivity index (χ4n) is 4.89. The maximum atomic E-state index is 10.1. The molecule has 0 spiro atoms. The van der Waals surface area contributed by atoms with Crippen molar-refractivity contribution in [1.82, 2.24) is 9.80 Å². The van der Waals surface area contributed by atoms with Crippen molar-refractivity contribution in [2.75, 3.05) is 27.2 Å². The Kier molecular flexibility index (Phi) is 7.14. The summed E-state index contributed by atoms with van der Waals surface area (Å²) in [6, 6.07) is 19.4. The third kappa shape index (κ3) is 4.76. The Bertz CT molecular complexity index is 722. The molecule has 1 aliphatic carbocycles. The smallest absolute Gasteiger partial charge is 0.115 e. The molecule has 1 aliphatic rings. The molecule has 0 bridgehead atoms. The Hall–Kier alpha value is -1.84. The summed E-state index contributed by atoms with van der Waals surface area (Å²) in [5.41, 5.74) is 2.74. The van der Waals surface area contributed by atoms with Gasteiger partial charge in [-0.25, -0.2) is 0 Å². The van der Waals surface area contributed by atoms with Gasteiger partial charge in [0.05, 0.1) is 0 Å². The highest BCUT2D eigenvalue weighted by molar-refractivity contribution is 5.33. The third-order valence-corrected chi connectivity index (χ3v) is 6.67. The fraction of sp³-hybridized carbons (Fsp3) is 0.520. The van der Waals surface area contributed by atoms with E-state index in [0.717, 1.165) is 38.8 Å². The van der Waals surface area contributed by atoms with Gasteiger partial charge in [-0.1, -0.05) is 49.4 Å². The summed E-state index contributed by atoms with van der Waals surface area (Å²) in [4.78, 5) is 5.08. The van der Waals surface area contributed by atoms with Crippen molar-refractivity contribution in [3.63, 3.8) is 0 Å². The van der Waals surface area contributed by atoms with Crippen molar-refractivity contribution in [2.45, 2.75) is 57.0 Å². The summed E-state index contributed by atoms with van der Waals surface area (Å²) in [6.45, 7) is 4.44. The maximum Gasteiger partial charge on any atom is 0.115 e. The van der Waals surface area contributed by atoms with E-state index in [1.54, 1.807) is 6.07 Å². The summed E-state index contributed by atoms with van der Waals surface area (Å²) >= 11 is 0. The highest BCUT2D eigenvalue weighted by Gasteiger charge is 2.40. The van der Waals surface area contributed by atoms with Gasteiger partial charge in [-0.05, 0) is 82.4 Å². The SMILES string of the molecule is CCCN(C)C1(c2cccc(O)c2)CCC(N(C)CCc2ccccc2)CC1. The van der Waals surface area contributed by atoms with Gasteiger partial charge in [0.1, 0.15) is 5.75 Å². The molecule has 152 valence electrons. The van der Waals surface area contributed by atoms with Crippen LogP contribution in [0.25, 0.3) is 0 Å². The molecule has 28 heavy (non-hydrogen) atoms. The Morgan fingerprint density at radius 1 is 0.964 bits per heavy atom. The topological polar surface area (TPSA) is 26.7 Å². The summed E-state index contributed by atoms with van der Waals surface area (Å²) in [6.07, 6.45) is 6.96. The zero-order valence-corrected chi connectivity index (χ0v) is 17.8. The lowest BCUT2D eigenvalue weighted by atomic mass is 9.73. The zero-order chi connectivity index (χ0) is 20.0. The van der Waals surface area contributed by atoms with Gasteiger partial charge in [-0.3, -0.25) is 4.90 Å². The summed E-state index contributed by atoms with van der Waals surface area (Å²) in [5.74, 6) is 0.379. The lowest BCUT2D eigenvalue weighted by Crippen LogP contribution is -2.50. The lowest BCUT2D eigenvalue weighted by Gasteiger charge is -2.48. The molecular weight excluding hydrogens is 344 g/mol. The zero-order valence-electron chi connectivity index (χ0n) is 17.8. The van der Waals surface area contributed by atoms with Crippen LogP contribution < -0.4 is 0 Å². The second-order valence-electron chi connectivity index (χ2n) is 8.45. The van der Waals surface area contributed by atoms with E-state index in [-0.39, 0.29) is 5.54 Å². The molecule has 0 radical (unpaired) electrons. The van der Waals surface area contributed by atoms with E-state index in [0.29, 0.717) is 11.8 Å². The average molecular weight is 381 g/mol. The number of hydrogen-bond donors (Lipinski definition) is 1. The van der Waals surface area contributed by atoms with Gasteiger partial charge in [0.15, 0.2) is 0 Å². The average Bonchev–Trinajstić information content (AvgIpc) is 2.73. The summed E-state index contributed by atoms with van der Waals surface area (Å²) in [7, 11) is 4.54. The Morgan fingerprint density at radius 3 is 2.32 bits per heavy atom. The van der Waals surface area contributed by atoms with Crippen LogP contribution in [0.4, 0.5) is 0 Å². The van der Waals surface area contributed by atoms with Crippen molar-refractivity contribution in [3.8, 4) is 5.75 Å². The van der Waals surface area contributed by atoms with Crippen molar-refractivity contribution < 1.29 is 5.11 Å². The van der Waals surface area contributed by atoms with Crippen LogP contribution in [0.15, 0.2) is 54.6 Å². The van der Waals surface area contributed by atoms with Gasteiger partial charge in [-0.15, -0.1) is 0 Å². The van der Waals surface area contributed by atoms with Crippen molar-refractivity contribution >= 4 is 0 Å². The first-order valence-electron chi connectivity index (χ1n) is 10.8. The lowest BCUT2D eigenvalue weighted by molar-refractivity contribution is 0.0398. The predicted molar refractivity (Wildman–Crippen MR) is 118 cm³/mol. The van der Waals surface area contributed by atoms with Crippen LogP contribution in [0.1, 0.15) is 50.2 Å². The van der Waals surface area contributed by atoms with Crippen LogP contribution in [0.2, 0.25) is 0 Å². The van der Waals surface area contributed by atoms with Gasteiger partial charge in [0, 0.05) is 18.1 Å². The molecule has 2 aromatic carbocycles. The number of benzene rings is 2. The second kappa shape index (κ2) is 9.58. The molecule has 2 aromatic rings. The quantitative estimate of drug-likeness (QED) is 0.694. The van der Waals surface area contributed by atoms with Crippen molar-refractivity contribution in [3.05, 3.63) is 65.7 Å². The highest BCUT2D eigenvalue weighted by atomic mass is 16.3. The summed E-state index contributed by atoms with van der Waals surface area (Å²) < 4.78 is 0. The number of phenols is 1. The Morgan fingerprint density at radius 2 is 1.68 bits per heavy atom. The van der Waals surface area contributed by atoms with E-state index >= 15 is 0 Å². The van der Waals surface area contributed by atoms with E-state index in [4.69, 9.17) is 0 Å². The molecule has 3 nitrogen and oxygen atoms in total. The molecule has 0 aliphatic heterocycles. The Balaban J connectivity index is 1.66. The first-order chi connectivity index (χ1) is 13.5. The van der Waals surface area contributed by atoms with E-state index < -0.39 is 0 Å². The molecule has 1 saturated carbocycles. The van der Waals surface area contributed by atoms with Gasteiger partial charge < -0.3 is 10.0 Å². The summed E-state index contributed by atoms with van der Waals surface area (Å²) in [5, 5.41) is 10.1. The largest absolute Gasteiger partial charge is 0.508 e. The van der Waals surface area contributed by atoms with Gasteiger partial charge in [0.2, 0.25) is 0 Å². The van der Waals surface area contributed by atoms with E-state index in [1.807, 2.05) is 12.1 Å². The van der Waals surface area contributed by atoms with Crippen LogP contribution in [-0.4, -0.2) is 48.1 Å². The second-order valence-corrected chi connectivity index (χ2v) is 8.45. The molecule has 0 atom stereocenters. The first-order valence-corrected chi connectivity index (χ1v) is 10.8. The molecular formula is C25H36N2O. The maximum absolute atomic E-state index is 10.1. The standard InChI is InChI=1S/C25H36N2O/c1-4-18-27(3)25(22-11-8-12-24(28)20-22)16-13-23(14-17-25)26(2)19-15-21-9-6-5-7-10-21/h5-12,20,23,28H,4,13-19H2,1-3H3. The molecule has 3 heteroatoms. The number of hydrogen-bond acceptors (Lipinski definition) is 3. The number of nitrogens with zero attached hydrogens (tertiary/aromatic N) is 2. The van der Waals surface area contributed by atoms with Crippen molar-refractivity contribution in [2.24, 2.45) is 0 Å². The predicted octanol–water partition coefficient (Wildman–Crippen LogP) is 5.05. The number of rotatable bonds is 8. The van der Waals surface area contributed by atoms with Gasteiger partial charge in [-0.2, -0.15) is 0 Å². The normalized spacial score (nSPS) is 22.7. The molecule has 0 saturated heterocycles. The van der Waals surface area contributed by atoms with E-state index in [1.165, 1.54) is 24.0 Å². The molecule has 0 aromatic heterocycles. The van der Waals surface area contributed by atoms with Crippen molar-refractivity contribution in [1.29, 1.82) is 0 Å². The fourth-order valence-corrected chi connectivity index (χ4v) is 4.89. The molecule has 0 heterocycles. The molecule has 1 N–H and O–H groups in total. The van der Waals surface area contributed by atoms with Crippen LogP contribution in [0.5, 0.6) is 5.75 Å². The minimum Gasteiger partial charge on any atom is -0.508 e. The Labute approximate surface area is 171 Å². The van der Waals surface area contributed by atoms with Gasteiger partial charge in [0.25, 0.3) is 0 Å². The van der Waals surface area contributed by atoms with Crippen LogP contribution in [0.3, 0.4) is 0 Å². The minimum absolute atomic E-state index is 0.0471. The third-order valence-electron chi connectivity index (χ3n) is 6.67. The molecule has 0 amide bonds. The number of likely N-dealkylation sites (N-methyl/N-ethyl adjacent to an activating group) is 1. The van der Waals surface area contributed by atoms with E-state index in [2.05, 4.69) is 67.2 Å². The van der Waals surface area contributed by atoms with Gasteiger partial charge >= 0.3 is 0 Å². The molecule has 0 unspecified atom stereocenters. The first kappa shape index (κ1) is 20.9. The number of aromatic hydroxyl groups is 1.